The maximum absolute atomic E-state index is 6.10. The Kier molecular flexibility index (Phi) is 11.8. The maximum atomic E-state index is 6.10. The van der Waals surface area contributed by atoms with E-state index in [9.17, 15) is 0 Å². The molecule has 0 atom stereocenters. The molecule has 6 heteroatoms. The molecule has 3 aromatic heterocycles. The van der Waals surface area contributed by atoms with E-state index in [0.29, 0.717) is 5.92 Å². The molecule has 0 spiro atoms. The first-order chi connectivity index (χ1) is 29.0. The standard InChI is InChI=1S/C37H25N2O.C18H24NSi.Ir/c1-23-18-26-20-32-33(22-40-36(32)21-31(26)30-13-7-6-12-29(23)30)37-38-34-14-8-9-15-35(34)39(37)27-16-17-28(24(2)19-27)25-10-4-3-5-11-25;1-14(2)11-16-12-17(15-9-7-6-8-10-15)19-13-18(16)20(3,4)5;/h3-21H,1-2H3;6-9,12-14H,11H2,1-5H3;/q2*-1;. The van der Waals surface area contributed by atoms with Crippen LogP contribution in [0.1, 0.15) is 30.5 Å². The number of rotatable bonds is 7. The molecule has 305 valence electrons. The minimum absolute atomic E-state index is 0. The van der Waals surface area contributed by atoms with E-state index in [1.54, 1.807) is 0 Å². The number of hydrogen-bond acceptors (Lipinski definition) is 3. The predicted octanol–water partition coefficient (Wildman–Crippen LogP) is 14.1. The van der Waals surface area contributed by atoms with Crippen molar-refractivity contribution in [1.82, 2.24) is 14.5 Å². The normalized spacial score (nSPS) is 11.6. The number of hydrogen-bond donors (Lipinski definition) is 0. The Morgan fingerprint density at radius 2 is 1.44 bits per heavy atom. The second-order valence-corrected chi connectivity index (χ2v) is 22.4. The number of aromatic nitrogens is 3. The second kappa shape index (κ2) is 17.2. The second-order valence-electron chi connectivity index (χ2n) is 17.4. The number of fused-ring (bicyclic) bond motifs is 5. The number of furan rings is 1. The molecule has 0 saturated heterocycles. The molecule has 10 rings (SSSR count). The van der Waals surface area contributed by atoms with Gasteiger partial charge in [0.25, 0.3) is 0 Å². The zero-order chi connectivity index (χ0) is 41.5. The van der Waals surface area contributed by atoms with Crippen LogP contribution in [0.5, 0.6) is 0 Å². The van der Waals surface area contributed by atoms with E-state index in [-0.39, 0.29) is 20.1 Å². The fourth-order valence-electron chi connectivity index (χ4n) is 8.59. The minimum Gasteiger partial charge on any atom is -0.557 e. The van der Waals surface area contributed by atoms with Gasteiger partial charge in [0.05, 0.1) is 24.9 Å². The molecule has 4 nitrogen and oxygen atoms in total. The number of imidazole rings is 1. The summed E-state index contributed by atoms with van der Waals surface area (Å²) in [6.45, 7) is 16.1. The van der Waals surface area contributed by atoms with Crippen LogP contribution >= 0.6 is 0 Å². The molecular formula is C55H49IrN3OSi-2. The summed E-state index contributed by atoms with van der Waals surface area (Å²) in [5.74, 6) is 1.49. The van der Waals surface area contributed by atoms with Gasteiger partial charge in [-0.3, -0.25) is 4.98 Å². The van der Waals surface area contributed by atoms with Gasteiger partial charge in [0.2, 0.25) is 0 Å². The predicted molar refractivity (Wildman–Crippen MR) is 255 cm³/mol. The van der Waals surface area contributed by atoms with Crippen molar-refractivity contribution in [3.63, 3.8) is 0 Å². The van der Waals surface area contributed by atoms with Crippen molar-refractivity contribution in [3.8, 4) is 39.5 Å². The summed E-state index contributed by atoms with van der Waals surface area (Å²) in [7, 11) is -1.34. The van der Waals surface area contributed by atoms with Gasteiger partial charge in [-0.25, -0.2) is 0 Å². The summed E-state index contributed by atoms with van der Waals surface area (Å²) >= 11 is 0. The van der Waals surface area contributed by atoms with Crippen LogP contribution in [0.3, 0.4) is 0 Å². The smallest absolute Gasteiger partial charge is 0.0798 e. The third-order valence-electron chi connectivity index (χ3n) is 11.4. The van der Waals surface area contributed by atoms with Crippen LogP contribution in [0.2, 0.25) is 19.6 Å². The monoisotopic (exact) mass is 988 g/mol. The average Bonchev–Trinajstić information content (AvgIpc) is 3.84. The first-order valence-corrected chi connectivity index (χ1v) is 24.4. The largest absolute Gasteiger partial charge is 0.557 e. The molecule has 0 unspecified atom stereocenters. The van der Waals surface area contributed by atoms with E-state index < -0.39 is 8.07 Å². The molecule has 7 aromatic carbocycles. The fraction of sp³-hybridized carbons (Fsp3) is 0.164. The van der Waals surface area contributed by atoms with Gasteiger partial charge in [-0.05, 0) is 105 Å². The molecule has 10 aromatic rings. The summed E-state index contributed by atoms with van der Waals surface area (Å²) in [6.07, 6.45) is 6.47. The van der Waals surface area contributed by atoms with Crippen molar-refractivity contribution >= 4 is 56.8 Å². The van der Waals surface area contributed by atoms with Crippen molar-refractivity contribution in [3.05, 3.63) is 181 Å². The Morgan fingerprint density at radius 3 is 2.18 bits per heavy atom. The van der Waals surface area contributed by atoms with Crippen LogP contribution in [0.4, 0.5) is 0 Å². The van der Waals surface area contributed by atoms with Crippen LogP contribution in [0, 0.1) is 32.1 Å². The molecule has 0 bridgehead atoms. The van der Waals surface area contributed by atoms with Gasteiger partial charge in [0, 0.05) is 43.8 Å². The van der Waals surface area contributed by atoms with E-state index in [4.69, 9.17) is 9.40 Å². The van der Waals surface area contributed by atoms with E-state index in [0.717, 1.165) is 56.8 Å². The SMILES string of the molecule is CC(C)Cc1cc(-c2[c-]cccc2)ncc1[Si](C)(C)C.Cc1cc(-n2c(-c3[c-]oc4cc5c(cc(C)c6ccccc65)cc34)nc3ccccc32)ccc1-c1ccccc1.[Ir]. The molecule has 1 radical (unpaired) electrons. The van der Waals surface area contributed by atoms with Gasteiger partial charge in [-0.2, -0.15) is 0 Å². The molecule has 61 heavy (non-hydrogen) atoms. The topological polar surface area (TPSA) is 43.9 Å². The summed E-state index contributed by atoms with van der Waals surface area (Å²) in [6, 6.07) is 54.3. The van der Waals surface area contributed by atoms with E-state index in [1.807, 2.05) is 24.3 Å². The Morgan fingerprint density at radius 1 is 0.705 bits per heavy atom. The van der Waals surface area contributed by atoms with Crippen LogP contribution in [-0.2, 0) is 26.5 Å². The molecule has 0 fully saturated rings. The van der Waals surface area contributed by atoms with E-state index >= 15 is 0 Å². The number of benzene rings is 7. The van der Waals surface area contributed by atoms with Gasteiger partial charge in [-0.1, -0.05) is 147 Å². The van der Waals surface area contributed by atoms with Crippen LogP contribution in [-0.4, -0.2) is 22.6 Å². The number of pyridine rings is 1. The molecule has 0 aliphatic heterocycles. The zero-order valence-corrected chi connectivity index (χ0v) is 39.2. The van der Waals surface area contributed by atoms with Gasteiger partial charge in [0.15, 0.2) is 0 Å². The van der Waals surface area contributed by atoms with Gasteiger partial charge in [0.1, 0.15) is 0 Å². The van der Waals surface area contributed by atoms with E-state index in [1.165, 1.54) is 54.5 Å². The molecule has 0 aliphatic rings. The molecule has 0 aliphatic carbocycles. The van der Waals surface area contributed by atoms with Crippen molar-refractivity contribution in [2.24, 2.45) is 5.92 Å². The molecular weight excluding hydrogens is 939 g/mol. The van der Waals surface area contributed by atoms with Gasteiger partial charge in [-0.15, -0.1) is 35.9 Å². The first-order valence-electron chi connectivity index (χ1n) is 20.9. The Balaban J connectivity index is 0.000000208. The van der Waals surface area contributed by atoms with Gasteiger partial charge < -0.3 is 14.0 Å². The molecule has 3 heterocycles. The Hall–Kier alpha value is -5.91. The number of para-hydroxylation sites is 2. The average molecular weight is 988 g/mol. The molecule has 0 N–H and O–H groups in total. The summed E-state index contributed by atoms with van der Waals surface area (Å²) in [4.78, 5) is 9.80. The van der Waals surface area contributed by atoms with Gasteiger partial charge >= 0.3 is 0 Å². The van der Waals surface area contributed by atoms with Crippen LogP contribution < -0.4 is 5.19 Å². The fourth-order valence-corrected chi connectivity index (χ4v) is 10.2. The minimum atomic E-state index is -1.34. The molecule has 0 amide bonds. The third-order valence-corrected chi connectivity index (χ3v) is 13.5. The Bertz CT molecular complexity index is 3160. The van der Waals surface area contributed by atoms with Crippen molar-refractivity contribution in [2.45, 2.75) is 53.8 Å². The summed E-state index contributed by atoms with van der Waals surface area (Å²) < 4.78 is 8.33. The first kappa shape index (κ1) is 41.8. The quantitative estimate of drug-likeness (QED) is 0.0908. The van der Waals surface area contributed by atoms with Crippen molar-refractivity contribution < 1.29 is 24.5 Å². The molecule has 0 saturated carbocycles. The zero-order valence-electron chi connectivity index (χ0n) is 35.8. The maximum Gasteiger partial charge on any atom is 0.0798 e. The van der Waals surface area contributed by atoms with E-state index in [2.05, 4.69) is 197 Å². The Labute approximate surface area is 373 Å². The number of nitrogens with zero attached hydrogens (tertiary/aromatic N) is 3. The van der Waals surface area contributed by atoms with Crippen molar-refractivity contribution in [2.75, 3.05) is 0 Å². The third kappa shape index (κ3) is 8.28. The van der Waals surface area contributed by atoms with Crippen molar-refractivity contribution in [1.29, 1.82) is 0 Å². The number of aryl methyl sites for hydroxylation is 2. The van der Waals surface area contributed by atoms with Crippen LogP contribution in [0.15, 0.2) is 156 Å². The summed E-state index contributed by atoms with van der Waals surface area (Å²) in [5.41, 5.74) is 13.2. The van der Waals surface area contributed by atoms with Crippen LogP contribution in [0.25, 0.3) is 83.0 Å². The summed E-state index contributed by atoms with van der Waals surface area (Å²) in [5, 5.41) is 7.37.